The zero-order valence-electron chi connectivity index (χ0n) is 12.8. The van der Waals surface area contributed by atoms with Gasteiger partial charge in [-0.15, -0.1) is 11.3 Å². The van der Waals surface area contributed by atoms with Crippen molar-refractivity contribution in [1.29, 1.82) is 0 Å². The molecule has 2 aromatic rings. The first-order valence-corrected chi connectivity index (χ1v) is 8.95. The average molecular weight is 398 g/mol. The van der Waals surface area contributed by atoms with E-state index in [9.17, 15) is 14.4 Å². The summed E-state index contributed by atoms with van der Waals surface area (Å²) in [7, 11) is 0. The Morgan fingerprint density at radius 3 is 2.56 bits per heavy atom. The molecule has 9 heteroatoms. The van der Waals surface area contributed by atoms with Crippen LogP contribution in [0, 0.1) is 0 Å². The molecule has 1 aromatic carbocycles. The lowest BCUT2D eigenvalue weighted by Gasteiger charge is -2.09. The number of rotatable bonds is 3. The molecule has 3 rings (SSSR count). The molecule has 4 amide bonds. The molecular formula is C16H13Cl2N3O3S. The van der Waals surface area contributed by atoms with E-state index in [-0.39, 0.29) is 16.1 Å². The van der Waals surface area contributed by atoms with Crippen LogP contribution in [-0.4, -0.2) is 17.8 Å². The van der Waals surface area contributed by atoms with E-state index in [4.69, 9.17) is 28.9 Å². The number of urea groups is 1. The minimum atomic E-state index is -0.944. The lowest BCUT2D eigenvalue weighted by molar-refractivity contribution is 0.0966. The Hall–Kier alpha value is -2.09. The third-order valence-electron chi connectivity index (χ3n) is 3.79. The van der Waals surface area contributed by atoms with Gasteiger partial charge in [0.1, 0.15) is 5.00 Å². The van der Waals surface area contributed by atoms with Crippen LogP contribution in [-0.2, 0) is 12.8 Å². The molecule has 4 N–H and O–H groups in total. The topological polar surface area (TPSA) is 101 Å². The maximum Gasteiger partial charge on any atom is 0.319 e. The van der Waals surface area contributed by atoms with E-state index in [1.807, 2.05) is 0 Å². The largest absolute Gasteiger partial charge is 0.351 e. The van der Waals surface area contributed by atoms with Crippen molar-refractivity contribution in [2.75, 3.05) is 5.32 Å². The number of halogens is 2. The Kier molecular flexibility index (Phi) is 4.99. The number of aryl methyl sites for hydroxylation is 1. The van der Waals surface area contributed by atoms with Crippen LogP contribution in [0.4, 0.5) is 9.80 Å². The minimum Gasteiger partial charge on any atom is -0.351 e. The van der Waals surface area contributed by atoms with Crippen molar-refractivity contribution in [3.8, 4) is 0 Å². The lowest BCUT2D eigenvalue weighted by atomic mass is 10.1. The maximum atomic E-state index is 12.5. The Balaban J connectivity index is 1.93. The highest BCUT2D eigenvalue weighted by atomic mass is 35.5. The minimum absolute atomic E-state index is 0.206. The molecule has 1 heterocycles. The summed E-state index contributed by atoms with van der Waals surface area (Å²) in [4.78, 5) is 36.9. The predicted molar refractivity (Wildman–Crippen MR) is 97.8 cm³/mol. The van der Waals surface area contributed by atoms with Crippen molar-refractivity contribution in [2.24, 2.45) is 5.73 Å². The van der Waals surface area contributed by atoms with E-state index in [1.54, 1.807) is 6.07 Å². The van der Waals surface area contributed by atoms with Gasteiger partial charge < -0.3 is 11.1 Å². The second kappa shape index (κ2) is 7.03. The molecule has 1 aromatic heterocycles. The molecule has 0 bridgehead atoms. The summed E-state index contributed by atoms with van der Waals surface area (Å²) in [5.74, 6) is -1.08. The average Bonchev–Trinajstić information content (AvgIpc) is 3.06. The smallest absolute Gasteiger partial charge is 0.319 e. The fourth-order valence-corrected chi connectivity index (χ4v) is 4.53. The summed E-state index contributed by atoms with van der Waals surface area (Å²) in [6, 6.07) is 3.58. The van der Waals surface area contributed by atoms with Crippen LogP contribution in [0.1, 0.15) is 37.6 Å². The number of thiophene rings is 1. The Morgan fingerprint density at radius 2 is 1.88 bits per heavy atom. The molecule has 0 aliphatic heterocycles. The first-order valence-electron chi connectivity index (χ1n) is 7.38. The van der Waals surface area contributed by atoms with Gasteiger partial charge in [-0.25, -0.2) is 4.79 Å². The fraction of sp³-hybridized carbons (Fsp3) is 0.188. The normalized spacial score (nSPS) is 12.6. The summed E-state index contributed by atoms with van der Waals surface area (Å²) < 4.78 is 0. The molecule has 130 valence electrons. The van der Waals surface area contributed by atoms with Crippen LogP contribution in [0.15, 0.2) is 18.2 Å². The van der Waals surface area contributed by atoms with Crippen molar-refractivity contribution in [1.82, 2.24) is 5.32 Å². The predicted octanol–water partition coefficient (Wildman–Crippen LogP) is 3.60. The van der Waals surface area contributed by atoms with Crippen LogP contribution < -0.4 is 16.4 Å². The first kappa shape index (κ1) is 17.7. The number of imide groups is 1. The van der Waals surface area contributed by atoms with Gasteiger partial charge in [0.25, 0.3) is 11.8 Å². The zero-order chi connectivity index (χ0) is 18.1. The van der Waals surface area contributed by atoms with Gasteiger partial charge in [-0.05, 0) is 43.0 Å². The molecule has 6 nitrogen and oxygen atoms in total. The number of nitrogens with one attached hydrogen (secondary N) is 2. The molecular weight excluding hydrogens is 385 g/mol. The van der Waals surface area contributed by atoms with Crippen LogP contribution in [0.5, 0.6) is 0 Å². The number of fused-ring (bicyclic) bond motifs is 1. The van der Waals surface area contributed by atoms with Gasteiger partial charge in [-0.1, -0.05) is 23.2 Å². The number of hydrogen-bond acceptors (Lipinski definition) is 4. The zero-order valence-corrected chi connectivity index (χ0v) is 15.1. The number of anilines is 1. The van der Waals surface area contributed by atoms with Crippen molar-refractivity contribution in [3.63, 3.8) is 0 Å². The van der Waals surface area contributed by atoms with Crippen molar-refractivity contribution >= 4 is 57.4 Å². The number of benzene rings is 1. The lowest BCUT2D eigenvalue weighted by Crippen LogP contribution is -2.35. The summed E-state index contributed by atoms with van der Waals surface area (Å²) >= 11 is 13.2. The molecule has 1 aliphatic rings. The standard InChI is InChI=1S/C16H13Cl2N3O3S/c17-7-4-5-8(10(18)6-7)13(22)20-15-12(14(23)21-16(19)24)9-2-1-3-11(9)25-15/h4-6H,1-3H2,(H,20,22)(H3,19,21,23,24). The monoisotopic (exact) mass is 397 g/mol. The van der Waals surface area contributed by atoms with Gasteiger partial charge in [0.2, 0.25) is 0 Å². The van der Waals surface area contributed by atoms with Gasteiger partial charge in [0.05, 0.1) is 16.1 Å². The summed E-state index contributed by atoms with van der Waals surface area (Å²) in [5.41, 5.74) is 6.41. The van der Waals surface area contributed by atoms with Crippen molar-refractivity contribution < 1.29 is 14.4 Å². The number of nitrogens with two attached hydrogens (primary N) is 1. The van der Waals surface area contributed by atoms with Gasteiger partial charge in [-0.2, -0.15) is 0 Å². The summed E-state index contributed by atoms with van der Waals surface area (Å²) in [6.07, 6.45) is 2.47. The summed E-state index contributed by atoms with van der Waals surface area (Å²) in [6.45, 7) is 0. The van der Waals surface area contributed by atoms with Crippen LogP contribution in [0.2, 0.25) is 10.0 Å². The highest BCUT2D eigenvalue weighted by molar-refractivity contribution is 7.17. The van der Waals surface area contributed by atoms with Crippen LogP contribution in [0.3, 0.4) is 0 Å². The van der Waals surface area contributed by atoms with E-state index < -0.39 is 17.8 Å². The third-order valence-corrected chi connectivity index (χ3v) is 5.54. The highest BCUT2D eigenvalue weighted by Crippen LogP contribution is 2.39. The van der Waals surface area contributed by atoms with Crippen molar-refractivity contribution in [2.45, 2.75) is 19.3 Å². The van der Waals surface area contributed by atoms with E-state index in [1.165, 1.54) is 23.5 Å². The Labute approximate surface area is 157 Å². The van der Waals surface area contributed by atoms with Gasteiger partial charge in [0, 0.05) is 9.90 Å². The van der Waals surface area contributed by atoms with Gasteiger partial charge in [0.15, 0.2) is 0 Å². The molecule has 25 heavy (non-hydrogen) atoms. The van der Waals surface area contributed by atoms with E-state index in [0.717, 1.165) is 23.3 Å². The number of amides is 4. The first-order chi connectivity index (χ1) is 11.9. The molecule has 0 saturated carbocycles. The van der Waals surface area contributed by atoms with Crippen molar-refractivity contribution in [3.05, 3.63) is 49.8 Å². The molecule has 0 spiro atoms. The van der Waals surface area contributed by atoms with Gasteiger partial charge >= 0.3 is 6.03 Å². The molecule has 0 fully saturated rings. The quantitative estimate of drug-likeness (QED) is 0.736. The van der Waals surface area contributed by atoms with E-state index in [2.05, 4.69) is 10.6 Å². The molecule has 0 saturated heterocycles. The molecule has 0 atom stereocenters. The van der Waals surface area contributed by atoms with Crippen LogP contribution >= 0.6 is 34.5 Å². The second-order valence-corrected chi connectivity index (χ2v) is 7.41. The van der Waals surface area contributed by atoms with Gasteiger partial charge in [-0.3, -0.25) is 14.9 Å². The Morgan fingerprint density at radius 1 is 1.12 bits per heavy atom. The highest BCUT2D eigenvalue weighted by Gasteiger charge is 2.28. The number of carbonyl (C=O) groups excluding carboxylic acids is 3. The fourth-order valence-electron chi connectivity index (χ4n) is 2.75. The third kappa shape index (κ3) is 3.63. The number of hydrogen-bond donors (Lipinski definition) is 3. The number of primary amides is 1. The van der Waals surface area contributed by atoms with Crippen LogP contribution in [0.25, 0.3) is 0 Å². The molecule has 0 unspecified atom stereocenters. The SMILES string of the molecule is NC(=O)NC(=O)c1c(NC(=O)c2ccc(Cl)cc2Cl)sc2c1CCC2. The summed E-state index contributed by atoms with van der Waals surface area (Å²) in [5, 5.41) is 5.76. The molecule has 1 aliphatic carbocycles. The maximum absolute atomic E-state index is 12.5. The Bertz CT molecular complexity index is 895. The van der Waals surface area contributed by atoms with E-state index >= 15 is 0 Å². The molecule has 0 radical (unpaired) electrons. The second-order valence-electron chi connectivity index (χ2n) is 5.46. The number of carbonyl (C=O) groups is 3. The van der Waals surface area contributed by atoms with E-state index in [0.29, 0.717) is 16.4 Å².